The van der Waals surface area contributed by atoms with Crippen molar-refractivity contribution in [2.75, 3.05) is 0 Å². The van der Waals surface area contributed by atoms with Gasteiger partial charge < -0.3 is 0 Å². The molecule has 2 atom stereocenters. The SMILES string of the molecule is CCCC(C)(CC)OOC1(OOC(C)(CC)CCC)CCCCC1. The minimum atomic E-state index is -0.757. The van der Waals surface area contributed by atoms with Crippen LogP contribution in [0.2, 0.25) is 0 Å². The quantitative estimate of drug-likeness (QED) is 0.231. The lowest BCUT2D eigenvalue weighted by Crippen LogP contribution is -2.44. The maximum absolute atomic E-state index is 5.95. The van der Waals surface area contributed by atoms with E-state index in [-0.39, 0.29) is 11.2 Å². The smallest absolute Gasteiger partial charge is 0.227 e. The van der Waals surface area contributed by atoms with Crippen LogP contribution in [0.15, 0.2) is 0 Å². The Morgan fingerprint density at radius 3 is 1.46 bits per heavy atom. The van der Waals surface area contributed by atoms with Gasteiger partial charge >= 0.3 is 0 Å². The average Bonchev–Trinajstić information content (AvgIpc) is 2.60. The van der Waals surface area contributed by atoms with E-state index in [2.05, 4.69) is 41.5 Å². The molecule has 0 spiro atoms. The number of rotatable bonds is 12. The zero-order chi connectivity index (χ0) is 18.1. The van der Waals surface area contributed by atoms with Gasteiger partial charge in [0, 0.05) is 12.8 Å². The molecule has 0 amide bonds. The summed E-state index contributed by atoms with van der Waals surface area (Å²) in [4.78, 5) is 23.7. The molecule has 0 aromatic heterocycles. The van der Waals surface area contributed by atoms with E-state index < -0.39 is 5.79 Å². The van der Waals surface area contributed by atoms with E-state index in [1.807, 2.05) is 0 Å². The molecule has 4 nitrogen and oxygen atoms in total. The Kier molecular flexibility index (Phi) is 9.21. The zero-order valence-electron chi connectivity index (χ0n) is 16.9. The molecule has 24 heavy (non-hydrogen) atoms. The molecule has 4 heteroatoms. The highest BCUT2D eigenvalue weighted by molar-refractivity contribution is 4.76. The third-order valence-electron chi connectivity index (χ3n) is 5.46. The van der Waals surface area contributed by atoms with Crippen molar-refractivity contribution < 1.29 is 19.6 Å². The van der Waals surface area contributed by atoms with Crippen molar-refractivity contribution in [3.8, 4) is 0 Å². The molecule has 2 unspecified atom stereocenters. The predicted octanol–water partition coefficient (Wildman–Crippen LogP) is 6.48. The molecular weight excluding hydrogens is 304 g/mol. The Bertz CT molecular complexity index is 315. The van der Waals surface area contributed by atoms with Gasteiger partial charge in [-0.15, -0.1) is 0 Å². The van der Waals surface area contributed by atoms with Crippen LogP contribution in [0.3, 0.4) is 0 Å². The van der Waals surface area contributed by atoms with Crippen LogP contribution in [0, 0.1) is 0 Å². The van der Waals surface area contributed by atoms with Gasteiger partial charge in [-0.05, 0) is 52.4 Å². The first-order valence-electron chi connectivity index (χ1n) is 10.1. The van der Waals surface area contributed by atoms with E-state index in [0.29, 0.717) is 0 Å². The standard InChI is InChI=1S/C20H40O4/c1-7-14-18(5,9-3)21-23-20(16-12-11-13-17-20)24-22-19(6,10-4)15-8-2/h7-17H2,1-6H3. The van der Waals surface area contributed by atoms with Gasteiger partial charge in [0.2, 0.25) is 5.79 Å². The molecule has 0 N–H and O–H groups in total. The molecular formula is C20H40O4. The van der Waals surface area contributed by atoms with E-state index in [4.69, 9.17) is 19.6 Å². The molecule has 0 radical (unpaired) electrons. The normalized spacial score (nSPS) is 22.8. The molecule has 1 fully saturated rings. The minimum absolute atomic E-state index is 0.264. The largest absolute Gasteiger partial charge is 0.234 e. The Morgan fingerprint density at radius 2 is 1.12 bits per heavy atom. The predicted molar refractivity (Wildman–Crippen MR) is 97.4 cm³/mol. The molecule has 1 saturated carbocycles. The molecule has 1 aliphatic carbocycles. The first-order chi connectivity index (χ1) is 11.4. The Labute approximate surface area is 149 Å². The molecule has 0 bridgehead atoms. The highest BCUT2D eigenvalue weighted by Crippen LogP contribution is 2.37. The van der Waals surface area contributed by atoms with Crippen molar-refractivity contribution in [1.82, 2.24) is 0 Å². The molecule has 0 aromatic rings. The summed E-state index contributed by atoms with van der Waals surface area (Å²) in [5.74, 6) is -0.757. The van der Waals surface area contributed by atoms with Crippen molar-refractivity contribution in [3.05, 3.63) is 0 Å². The van der Waals surface area contributed by atoms with Crippen molar-refractivity contribution in [1.29, 1.82) is 0 Å². The summed E-state index contributed by atoms with van der Waals surface area (Å²) in [5, 5.41) is 0. The fourth-order valence-electron chi connectivity index (χ4n) is 3.24. The van der Waals surface area contributed by atoms with Crippen molar-refractivity contribution in [3.63, 3.8) is 0 Å². The van der Waals surface area contributed by atoms with Gasteiger partial charge in [0.05, 0.1) is 0 Å². The third kappa shape index (κ3) is 6.62. The van der Waals surface area contributed by atoms with Crippen molar-refractivity contribution >= 4 is 0 Å². The Balaban J connectivity index is 2.72. The van der Waals surface area contributed by atoms with E-state index in [0.717, 1.165) is 64.2 Å². The van der Waals surface area contributed by atoms with Crippen LogP contribution < -0.4 is 0 Å². The molecule has 1 aliphatic rings. The zero-order valence-corrected chi connectivity index (χ0v) is 16.9. The second-order valence-electron chi connectivity index (χ2n) is 7.91. The van der Waals surface area contributed by atoms with E-state index in [9.17, 15) is 0 Å². The maximum atomic E-state index is 5.95. The van der Waals surface area contributed by atoms with Crippen LogP contribution in [0.5, 0.6) is 0 Å². The first-order valence-corrected chi connectivity index (χ1v) is 10.1. The van der Waals surface area contributed by atoms with Crippen LogP contribution in [-0.2, 0) is 19.6 Å². The van der Waals surface area contributed by atoms with E-state index in [1.165, 1.54) is 6.42 Å². The van der Waals surface area contributed by atoms with Gasteiger partial charge in [-0.25, -0.2) is 9.78 Å². The average molecular weight is 345 g/mol. The van der Waals surface area contributed by atoms with Crippen LogP contribution in [0.1, 0.15) is 112 Å². The van der Waals surface area contributed by atoms with Crippen molar-refractivity contribution in [2.24, 2.45) is 0 Å². The summed E-state index contributed by atoms with van der Waals surface area (Å²) >= 11 is 0. The van der Waals surface area contributed by atoms with Crippen molar-refractivity contribution in [2.45, 2.75) is 129 Å². The lowest BCUT2D eigenvalue weighted by atomic mass is 9.94. The van der Waals surface area contributed by atoms with Crippen LogP contribution in [0.4, 0.5) is 0 Å². The van der Waals surface area contributed by atoms with Crippen LogP contribution in [-0.4, -0.2) is 17.0 Å². The highest BCUT2D eigenvalue weighted by atomic mass is 17.3. The van der Waals surface area contributed by atoms with Gasteiger partial charge in [-0.3, -0.25) is 0 Å². The second-order valence-corrected chi connectivity index (χ2v) is 7.91. The summed E-state index contributed by atoms with van der Waals surface area (Å²) in [6, 6.07) is 0. The topological polar surface area (TPSA) is 36.9 Å². The molecule has 0 aromatic carbocycles. The molecule has 0 aliphatic heterocycles. The van der Waals surface area contributed by atoms with Gasteiger partial charge in [-0.2, -0.15) is 9.78 Å². The van der Waals surface area contributed by atoms with Gasteiger partial charge in [-0.1, -0.05) is 47.0 Å². The van der Waals surface area contributed by atoms with Gasteiger partial charge in [0.25, 0.3) is 0 Å². The summed E-state index contributed by atoms with van der Waals surface area (Å²) in [6.07, 6.45) is 11.0. The third-order valence-corrected chi connectivity index (χ3v) is 5.46. The van der Waals surface area contributed by atoms with Gasteiger partial charge in [0.15, 0.2) is 0 Å². The fourth-order valence-corrected chi connectivity index (χ4v) is 3.24. The van der Waals surface area contributed by atoms with Crippen LogP contribution >= 0.6 is 0 Å². The van der Waals surface area contributed by atoms with Crippen LogP contribution in [0.25, 0.3) is 0 Å². The second kappa shape index (κ2) is 10.1. The Hall–Kier alpha value is -0.160. The molecule has 144 valence electrons. The number of hydrogen-bond acceptors (Lipinski definition) is 4. The monoisotopic (exact) mass is 344 g/mol. The van der Waals surface area contributed by atoms with Gasteiger partial charge in [0.1, 0.15) is 11.2 Å². The lowest BCUT2D eigenvalue weighted by molar-refractivity contribution is -0.550. The summed E-state index contributed by atoms with van der Waals surface area (Å²) in [5.41, 5.74) is -0.528. The number of hydrogen-bond donors (Lipinski definition) is 0. The van der Waals surface area contributed by atoms with E-state index in [1.54, 1.807) is 0 Å². The highest BCUT2D eigenvalue weighted by Gasteiger charge is 2.41. The van der Waals surface area contributed by atoms with E-state index >= 15 is 0 Å². The molecule has 0 saturated heterocycles. The molecule has 0 heterocycles. The first kappa shape index (κ1) is 21.9. The Morgan fingerprint density at radius 1 is 0.708 bits per heavy atom. The summed E-state index contributed by atoms with van der Waals surface area (Å²) in [7, 11) is 0. The summed E-state index contributed by atoms with van der Waals surface area (Å²) in [6.45, 7) is 12.8. The molecule has 1 rings (SSSR count). The lowest BCUT2D eigenvalue weighted by Gasteiger charge is -2.39. The minimum Gasteiger partial charge on any atom is -0.227 e. The maximum Gasteiger partial charge on any atom is 0.234 e. The summed E-state index contributed by atoms with van der Waals surface area (Å²) < 4.78 is 0. The fraction of sp³-hybridized carbons (Fsp3) is 1.00.